The second kappa shape index (κ2) is 8.57. The first kappa shape index (κ1) is 16.5. The van der Waals surface area contributed by atoms with Crippen LogP contribution < -0.4 is 0 Å². The van der Waals surface area contributed by atoms with E-state index in [1.54, 1.807) is 7.11 Å². The average molecular weight is 241 g/mol. The van der Waals surface area contributed by atoms with Gasteiger partial charge in [0, 0.05) is 20.2 Å². The number of hydrogen-bond donors (Lipinski definition) is 0. The number of methoxy groups -OCH3 is 1. The lowest BCUT2D eigenvalue weighted by Crippen LogP contribution is -2.22. The number of nitrogens with zero attached hydrogens (tertiary/aromatic N) is 1. The van der Waals surface area contributed by atoms with Crippen LogP contribution in [0.1, 0.15) is 53.9 Å². The second-order valence-electron chi connectivity index (χ2n) is 5.40. The summed E-state index contributed by atoms with van der Waals surface area (Å²) in [4.78, 5) is 2.33. The third kappa shape index (κ3) is 8.25. The van der Waals surface area contributed by atoms with Gasteiger partial charge in [0.1, 0.15) is 0 Å². The molecule has 0 N–H and O–H groups in total. The van der Waals surface area contributed by atoms with Crippen molar-refractivity contribution in [3.05, 3.63) is 12.3 Å². The molecule has 0 radical (unpaired) electrons. The first-order valence-corrected chi connectivity index (χ1v) is 6.92. The van der Waals surface area contributed by atoms with Crippen LogP contribution in [0.3, 0.4) is 0 Å². The summed E-state index contributed by atoms with van der Waals surface area (Å²) < 4.78 is 5.43. The van der Waals surface area contributed by atoms with Gasteiger partial charge >= 0.3 is 0 Å². The molecule has 0 bridgehead atoms. The van der Waals surface area contributed by atoms with E-state index in [1.165, 1.54) is 12.8 Å². The molecule has 0 amide bonds. The van der Waals surface area contributed by atoms with Crippen molar-refractivity contribution < 1.29 is 4.74 Å². The van der Waals surface area contributed by atoms with Gasteiger partial charge in [0.25, 0.3) is 0 Å². The average Bonchev–Trinajstić information content (AvgIpc) is 2.30. The standard InChI is InChI=1S/C15H31NO/c1-7-16(8-2)13-11-14(3)10-9-12-15(4,5)17-6/h11,13-14H,7-10,12H2,1-6H3. The lowest BCUT2D eigenvalue weighted by molar-refractivity contribution is 0.0130. The minimum absolute atomic E-state index is 0.0301. The van der Waals surface area contributed by atoms with Crippen LogP contribution in [-0.2, 0) is 4.74 Å². The summed E-state index contributed by atoms with van der Waals surface area (Å²) in [7, 11) is 1.80. The molecule has 102 valence electrons. The molecule has 0 rings (SSSR count). The fraction of sp³-hybridized carbons (Fsp3) is 0.867. The van der Waals surface area contributed by atoms with Crippen LogP contribution in [0, 0.1) is 5.92 Å². The molecule has 0 saturated carbocycles. The normalized spacial score (nSPS) is 14.2. The Hall–Kier alpha value is -0.500. The largest absolute Gasteiger partial charge is 0.379 e. The number of allylic oxidation sites excluding steroid dienone is 1. The first-order chi connectivity index (χ1) is 7.95. The van der Waals surface area contributed by atoms with Gasteiger partial charge in [-0.05, 0) is 52.7 Å². The Kier molecular flexibility index (Phi) is 8.32. The van der Waals surface area contributed by atoms with Crippen molar-refractivity contribution >= 4 is 0 Å². The summed E-state index contributed by atoms with van der Waals surface area (Å²) in [6.07, 6.45) is 8.17. The van der Waals surface area contributed by atoms with Crippen molar-refractivity contribution in [2.24, 2.45) is 5.92 Å². The maximum atomic E-state index is 5.43. The Bertz CT molecular complexity index is 207. The highest BCUT2D eigenvalue weighted by Crippen LogP contribution is 2.19. The van der Waals surface area contributed by atoms with Gasteiger partial charge in [-0.1, -0.05) is 19.4 Å². The van der Waals surface area contributed by atoms with Crippen molar-refractivity contribution in [2.45, 2.75) is 59.5 Å². The smallest absolute Gasteiger partial charge is 0.0622 e. The summed E-state index contributed by atoms with van der Waals surface area (Å²) >= 11 is 0. The highest BCUT2D eigenvalue weighted by Gasteiger charge is 2.15. The highest BCUT2D eigenvalue weighted by molar-refractivity contribution is 4.86. The second-order valence-corrected chi connectivity index (χ2v) is 5.40. The monoisotopic (exact) mass is 241 g/mol. The van der Waals surface area contributed by atoms with Gasteiger partial charge < -0.3 is 9.64 Å². The molecule has 0 fully saturated rings. The topological polar surface area (TPSA) is 12.5 Å². The van der Waals surface area contributed by atoms with Crippen LogP contribution in [0.5, 0.6) is 0 Å². The molecule has 1 atom stereocenters. The molecule has 0 aromatic heterocycles. The van der Waals surface area contributed by atoms with Crippen LogP contribution in [0.15, 0.2) is 12.3 Å². The molecule has 0 spiro atoms. The summed E-state index contributed by atoms with van der Waals surface area (Å²) in [5, 5.41) is 0. The molecule has 2 nitrogen and oxygen atoms in total. The molecule has 0 aliphatic rings. The summed E-state index contributed by atoms with van der Waals surface area (Å²) in [6.45, 7) is 13.2. The van der Waals surface area contributed by atoms with Gasteiger partial charge in [-0.15, -0.1) is 0 Å². The Morgan fingerprint density at radius 3 is 2.29 bits per heavy atom. The minimum Gasteiger partial charge on any atom is -0.379 e. The predicted molar refractivity (Wildman–Crippen MR) is 76.2 cm³/mol. The molecule has 0 aliphatic carbocycles. The Morgan fingerprint density at radius 1 is 1.24 bits per heavy atom. The lowest BCUT2D eigenvalue weighted by atomic mass is 9.96. The van der Waals surface area contributed by atoms with Crippen LogP contribution in [-0.4, -0.2) is 30.7 Å². The van der Waals surface area contributed by atoms with Crippen LogP contribution in [0.4, 0.5) is 0 Å². The maximum Gasteiger partial charge on any atom is 0.0622 e. The van der Waals surface area contributed by atoms with Gasteiger partial charge in [-0.3, -0.25) is 0 Å². The molecule has 0 heterocycles. The van der Waals surface area contributed by atoms with E-state index >= 15 is 0 Å². The van der Waals surface area contributed by atoms with E-state index in [-0.39, 0.29) is 5.60 Å². The Morgan fingerprint density at radius 2 is 1.82 bits per heavy atom. The molecule has 0 aromatic carbocycles. The predicted octanol–water partition coefficient (Wildman–Crippen LogP) is 4.07. The first-order valence-electron chi connectivity index (χ1n) is 6.92. The van der Waals surface area contributed by atoms with E-state index in [9.17, 15) is 0 Å². The molecule has 0 aliphatic heterocycles. The van der Waals surface area contributed by atoms with Crippen molar-refractivity contribution in [3.63, 3.8) is 0 Å². The van der Waals surface area contributed by atoms with E-state index in [0.717, 1.165) is 19.5 Å². The lowest BCUT2D eigenvalue weighted by Gasteiger charge is -2.23. The van der Waals surface area contributed by atoms with E-state index in [4.69, 9.17) is 4.74 Å². The fourth-order valence-corrected chi connectivity index (χ4v) is 1.75. The fourth-order valence-electron chi connectivity index (χ4n) is 1.75. The molecular weight excluding hydrogens is 210 g/mol. The Labute approximate surface area is 108 Å². The highest BCUT2D eigenvalue weighted by atomic mass is 16.5. The third-order valence-electron chi connectivity index (χ3n) is 3.43. The van der Waals surface area contributed by atoms with Gasteiger partial charge in [0.05, 0.1) is 5.60 Å². The molecule has 2 heteroatoms. The number of rotatable bonds is 9. The zero-order valence-corrected chi connectivity index (χ0v) is 12.6. The summed E-state index contributed by atoms with van der Waals surface area (Å²) in [5.41, 5.74) is 0.0301. The molecular formula is C15H31NO. The zero-order chi connectivity index (χ0) is 13.3. The van der Waals surface area contributed by atoms with Gasteiger partial charge in [-0.2, -0.15) is 0 Å². The molecule has 17 heavy (non-hydrogen) atoms. The summed E-state index contributed by atoms with van der Waals surface area (Å²) in [6, 6.07) is 0. The Balaban J connectivity index is 3.83. The van der Waals surface area contributed by atoms with Crippen LogP contribution in [0.2, 0.25) is 0 Å². The third-order valence-corrected chi connectivity index (χ3v) is 3.43. The van der Waals surface area contributed by atoms with Gasteiger partial charge in [-0.25, -0.2) is 0 Å². The quantitative estimate of drug-likeness (QED) is 0.603. The van der Waals surface area contributed by atoms with Crippen molar-refractivity contribution in [1.82, 2.24) is 4.90 Å². The summed E-state index contributed by atoms with van der Waals surface area (Å²) in [5.74, 6) is 0.656. The van der Waals surface area contributed by atoms with Crippen LogP contribution in [0.25, 0.3) is 0 Å². The van der Waals surface area contributed by atoms with E-state index in [0.29, 0.717) is 5.92 Å². The molecule has 0 saturated heterocycles. The molecule has 1 unspecified atom stereocenters. The maximum absolute atomic E-state index is 5.43. The number of hydrogen-bond acceptors (Lipinski definition) is 2. The zero-order valence-electron chi connectivity index (χ0n) is 12.6. The van der Waals surface area contributed by atoms with E-state index < -0.39 is 0 Å². The van der Waals surface area contributed by atoms with Crippen molar-refractivity contribution in [1.29, 1.82) is 0 Å². The van der Waals surface area contributed by atoms with E-state index in [1.807, 2.05) is 0 Å². The van der Waals surface area contributed by atoms with Gasteiger partial charge in [0.2, 0.25) is 0 Å². The van der Waals surface area contributed by atoms with Gasteiger partial charge in [0.15, 0.2) is 0 Å². The van der Waals surface area contributed by atoms with Crippen LogP contribution >= 0.6 is 0 Å². The van der Waals surface area contributed by atoms with Crippen molar-refractivity contribution in [3.8, 4) is 0 Å². The van der Waals surface area contributed by atoms with E-state index in [2.05, 4.69) is 51.8 Å². The minimum atomic E-state index is 0.0301. The number of ether oxygens (including phenoxy) is 1. The molecule has 0 aromatic rings. The SMILES string of the molecule is CCN(C=CC(C)CCCC(C)(C)OC)CC. The van der Waals surface area contributed by atoms with Crippen molar-refractivity contribution in [2.75, 3.05) is 20.2 Å².